The molecular weight excluding hydrogens is 442 g/mol. The predicted octanol–water partition coefficient (Wildman–Crippen LogP) is 4.75. The molecule has 0 radical (unpaired) electrons. The van der Waals surface area contributed by atoms with Crippen LogP contribution < -0.4 is 9.75 Å². The van der Waals surface area contributed by atoms with Crippen LogP contribution in [0.15, 0.2) is 29.0 Å². The minimum atomic E-state index is -4.56. The average Bonchev–Trinajstić information content (AvgIpc) is 3.51. The number of halogens is 4. The lowest BCUT2D eigenvalue weighted by Crippen LogP contribution is -2.47. The molecule has 0 bridgehead atoms. The van der Waals surface area contributed by atoms with Gasteiger partial charge in [-0.2, -0.15) is 13.2 Å². The fraction of sp³-hybridized carbons (Fsp3) is 0.565. The number of carbonyl (C=O) groups is 1. The number of anilines is 1. The third kappa shape index (κ3) is 3.98. The molecule has 176 valence electrons. The van der Waals surface area contributed by atoms with Crippen molar-refractivity contribution in [2.24, 2.45) is 17.8 Å². The van der Waals surface area contributed by atoms with Crippen molar-refractivity contribution in [3.05, 3.63) is 41.9 Å². The molecule has 4 unspecified atom stereocenters. The van der Waals surface area contributed by atoms with Gasteiger partial charge in [0.15, 0.2) is 23.7 Å². The number of oxazole rings is 1. The van der Waals surface area contributed by atoms with Crippen LogP contribution in [-0.2, 0) is 6.42 Å². The van der Waals surface area contributed by atoms with Gasteiger partial charge in [-0.1, -0.05) is 0 Å². The van der Waals surface area contributed by atoms with Gasteiger partial charge in [-0.3, -0.25) is 4.79 Å². The van der Waals surface area contributed by atoms with E-state index in [9.17, 15) is 18.0 Å². The number of nitrogens with zero attached hydrogens (tertiary/aromatic N) is 3. The molecule has 6 rings (SSSR count). The maximum atomic E-state index is 15.0. The van der Waals surface area contributed by atoms with Gasteiger partial charge in [-0.05, 0) is 62.0 Å². The molecule has 1 aromatic heterocycles. The Morgan fingerprint density at radius 2 is 1.97 bits per heavy atom. The Morgan fingerprint density at radius 1 is 1.18 bits per heavy atom. The maximum Gasteiger partial charge on any atom is 0.396 e. The number of alkyl halides is 3. The summed E-state index contributed by atoms with van der Waals surface area (Å²) in [6, 6.07) is 4.39. The summed E-state index contributed by atoms with van der Waals surface area (Å²) in [6.45, 7) is 0.554. The zero-order valence-corrected chi connectivity index (χ0v) is 17.7. The standard InChI is InChI=1S/C23H23F4N3O3/c24-17-9-15(1-2-19(17)33-16-6-13-5-14(13)7-16)30(29-4-3-12-8-18(12)29)22(31)21-20(32-11-28-21)10-23(25,26)27/h1-2,9,11-14,16,18H,3-8,10H2. The number of aromatic nitrogens is 1. The molecular formula is C23H23F4N3O3. The molecule has 4 atom stereocenters. The molecule has 0 spiro atoms. The third-order valence-corrected chi connectivity index (χ3v) is 7.30. The number of rotatable bonds is 6. The Labute approximate surface area is 187 Å². The highest BCUT2D eigenvalue weighted by molar-refractivity contribution is 6.04. The molecule has 0 N–H and O–H groups in total. The largest absolute Gasteiger partial charge is 0.487 e. The molecule has 1 aromatic carbocycles. The molecule has 3 saturated carbocycles. The van der Waals surface area contributed by atoms with Crippen LogP contribution in [0, 0.1) is 23.6 Å². The molecule has 1 aliphatic heterocycles. The van der Waals surface area contributed by atoms with Crippen molar-refractivity contribution < 1.29 is 31.5 Å². The molecule has 2 aromatic rings. The van der Waals surface area contributed by atoms with Gasteiger partial charge in [0.05, 0.1) is 11.8 Å². The fourth-order valence-corrected chi connectivity index (χ4v) is 5.51. The van der Waals surface area contributed by atoms with Crippen LogP contribution in [0.2, 0.25) is 0 Å². The second kappa shape index (κ2) is 7.44. The quantitative estimate of drug-likeness (QED) is 0.577. The van der Waals surface area contributed by atoms with E-state index in [1.54, 1.807) is 11.1 Å². The Hall–Kier alpha value is -2.62. The Morgan fingerprint density at radius 3 is 2.61 bits per heavy atom. The van der Waals surface area contributed by atoms with Crippen molar-refractivity contribution in [3.63, 3.8) is 0 Å². The summed E-state index contributed by atoms with van der Waals surface area (Å²) in [5, 5.41) is 3.06. The molecule has 1 amide bonds. The van der Waals surface area contributed by atoms with Crippen LogP contribution in [0.3, 0.4) is 0 Å². The highest BCUT2D eigenvalue weighted by Gasteiger charge is 2.51. The van der Waals surface area contributed by atoms with Crippen molar-refractivity contribution >= 4 is 11.6 Å². The Bertz CT molecular complexity index is 1080. The number of hydrogen-bond donors (Lipinski definition) is 0. The number of amides is 1. The van der Waals surface area contributed by atoms with Crippen molar-refractivity contribution in [1.82, 2.24) is 9.99 Å². The van der Waals surface area contributed by atoms with Gasteiger partial charge >= 0.3 is 6.18 Å². The van der Waals surface area contributed by atoms with Crippen LogP contribution in [-0.4, -0.2) is 40.8 Å². The van der Waals surface area contributed by atoms with E-state index in [1.165, 1.54) is 23.6 Å². The molecule has 4 fully saturated rings. The second-order valence-electron chi connectivity index (χ2n) is 9.63. The SMILES string of the molecule is O=C(c1ncoc1CC(F)(F)F)N(c1ccc(OC2CC3CC3C2)c(F)c1)N1CCC2CC21. The first kappa shape index (κ1) is 20.9. The number of benzene rings is 1. The van der Waals surface area contributed by atoms with Crippen molar-refractivity contribution in [1.29, 1.82) is 0 Å². The van der Waals surface area contributed by atoms with Crippen LogP contribution in [0.25, 0.3) is 0 Å². The van der Waals surface area contributed by atoms with Gasteiger partial charge < -0.3 is 9.15 Å². The highest BCUT2D eigenvalue weighted by Crippen LogP contribution is 2.52. The first-order valence-corrected chi connectivity index (χ1v) is 11.3. The van der Waals surface area contributed by atoms with Crippen molar-refractivity contribution in [2.45, 2.75) is 56.8 Å². The minimum Gasteiger partial charge on any atom is -0.487 e. The van der Waals surface area contributed by atoms with E-state index >= 15 is 4.39 Å². The van der Waals surface area contributed by atoms with Gasteiger partial charge in [0, 0.05) is 18.7 Å². The van der Waals surface area contributed by atoms with E-state index in [-0.39, 0.29) is 23.6 Å². The fourth-order valence-electron chi connectivity index (χ4n) is 5.51. The summed E-state index contributed by atoms with van der Waals surface area (Å²) < 4.78 is 64.6. The lowest BCUT2D eigenvalue weighted by molar-refractivity contribution is -0.130. The smallest absolute Gasteiger partial charge is 0.396 e. The summed E-state index contributed by atoms with van der Waals surface area (Å²) >= 11 is 0. The predicted molar refractivity (Wildman–Crippen MR) is 108 cm³/mol. The summed E-state index contributed by atoms with van der Waals surface area (Å²) in [7, 11) is 0. The van der Waals surface area contributed by atoms with Gasteiger partial charge in [-0.25, -0.2) is 19.4 Å². The van der Waals surface area contributed by atoms with Crippen LogP contribution >= 0.6 is 0 Å². The van der Waals surface area contributed by atoms with E-state index in [0.29, 0.717) is 24.3 Å². The minimum absolute atomic E-state index is 0.00213. The number of hydrazine groups is 1. The lowest BCUT2D eigenvalue weighted by Gasteiger charge is -2.33. The number of fused-ring (bicyclic) bond motifs is 2. The van der Waals surface area contributed by atoms with E-state index in [0.717, 1.165) is 32.1 Å². The summed E-state index contributed by atoms with van der Waals surface area (Å²) in [5.41, 5.74) is -0.185. The number of piperidine rings is 1. The Kier molecular flexibility index (Phi) is 4.73. The first-order chi connectivity index (χ1) is 15.8. The summed E-state index contributed by atoms with van der Waals surface area (Å²) in [5.74, 6) is 0.0358. The van der Waals surface area contributed by atoms with E-state index in [1.807, 2.05) is 0 Å². The molecule has 6 nitrogen and oxygen atoms in total. The highest BCUT2D eigenvalue weighted by atomic mass is 19.4. The third-order valence-electron chi connectivity index (χ3n) is 7.30. The normalized spacial score (nSPS) is 30.1. The van der Waals surface area contributed by atoms with Gasteiger partial charge in [0.25, 0.3) is 5.91 Å². The molecule has 3 aliphatic carbocycles. The number of hydrogen-bond acceptors (Lipinski definition) is 5. The molecule has 4 aliphatic rings. The zero-order chi connectivity index (χ0) is 22.9. The van der Waals surface area contributed by atoms with Crippen molar-refractivity contribution in [3.8, 4) is 5.75 Å². The van der Waals surface area contributed by atoms with E-state index in [4.69, 9.17) is 9.15 Å². The molecule has 2 heterocycles. The van der Waals surface area contributed by atoms with Crippen LogP contribution in [0.1, 0.15) is 48.4 Å². The first-order valence-electron chi connectivity index (χ1n) is 11.3. The van der Waals surface area contributed by atoms with Crippen molar-refractivity contribution in [2.75, 3.05) is 11.6 Å². The monoisotopic (exact) mass is 465 g/mol. The van der Waals surface area contributed by atoms with Gasteiger partial charge in [0.1, 0.15) is 12.2 Å². The van der Waals surface area contributed by atoms with E-state index < -0.39 is 35.8 Å². The number of ether oxygens (including phenoxy) is 1. The zero-order valence-electron chi connectivity index (χ0n) is 17.7. The molecule has 1 saturated heterocycles. The van der Waals surface area contributed by atoms with Gasteiger partial charge in [-0.15, -0.1) is 0 Å². The lowest BCUT2D eigenvalue weighted by atomic mass is 10.2. The van der Waals surface area contributed by atoms with Gasteiger partial charge in [0.2, 0.25) is 0 Å². The Balaban J connectivity index is 1.29. The topological polar surface area (TPSA) is 58.8 Å². The second-order valence-corrected chi connectivity index (χ2v) is 9.63. The number of carbonyl (C=O) groups excluding carboxylic acids is 1. The van der Waals surface area contributed by atoms with E-state index in [2.05, 4.69) is 4.98 Å². The average molecular weight is 465 g/mol. The molecule has 10 heteroatoms. The van der Waals surface area contributed by atoms with Crippen LogP contribution in [0.4, 0.5) is 23.2 Å². The summed E-state index contributed by atoms with van der Waals surface area (Å²) in [6.07, 6.45) is -0.267. The summed E-state index contributed by atoms with van der Waals surface area (Å²) in [4.78, 5) is 17.2. The maximum absolute atomic E-state index is 15.0. The molecule has 33 heavy (non-hydrogen) atoms. The van der Waals surface area contributed by atoms with Crippen LogP contribution in [0.5, 0.6) is 5.75 Å².